The van der Waals surface area contributed by atoms with E-state index in [0.717, 1.165) is 10.2 Å². The third-order valence-corrected chi connectivity index (χ3v) is 3.06. The summed E-state index contributed by atoms with van der Waals surface area (Å²) in [5.41, 5.74) is 0.806. The van der Waals surface area contributed by atoms with Crippen molar-refractivity contribution in [2.24, 2.45) is 0 Å². The van der Waals surface area contributed by atoms with Crippen LogP contribution in [0.3, 0.4) is 0 Å². The topological polar surface area (TPSA) is 72.3 Å². The lowest BCUT2D eigenvalue weighted by atomic mass is 10.2. The lowest BCUT2D eigenvalue weighted by Crippen LogP contribution is -2.01. The van der Waals surface area contributed by atoms with Crippen LogP contribution in [0.4, 0.5) is 0 Å². The zero-order valence-electron chi connectivity index (χ0n) is 9.42. The van der Waals surface area contributed by atoms with Gasteiger partial charge in [0.25, 0.3) is 0 Å². The van der Waals surface area contributed by atoms with Gasteiger partial charge in [0.2, 0.25) is 5.88 Å². The molecular formula is C12H9BrN2O3. The number of aromatic nitrogens is 2. The second-order valence-electron chi connectivity index (χ2n) is 3.50. The molecule has 92 valence electrons. The summed E-state index contributed by atoms with van der Waals surface area (Å²) in [5, 5.41) is 9.01. The van der Waals surface area contributed by atoms with Crippen LogP contribution in [0.5, 0.6) is 11.6 Å². The van der Waals surface area contributed by atoms with Crippen LogP contribution in [-0.2, 0) is 0 Å². The van der Waals surface area contributed by atoms with Crippen LogP contribution in [0.1, 0.15) is 16.1 Å². The molecule has 2 rings (SSSR count). The number of hydrogen-bond donors (Lipinski definition) is 1. The summed E-state index contributed by atoms with van der Waals surface area (Å²) in [4.78, 5) is 19.0. The zero-order chi connectivity index (χ0) is 13.1. The molecule has 6 heteroatoms. The molecule has 0 aliphatic heterocycles. The Labute approximate surface area is 112 Å². The first-order valence-corrected chi connectivity index (χ1v) is 5.85. The van der Waals surface area contributed by atoms with Crippen molar-refractivity contribution in [1.29, 1.82) is 0 Å². The summed E-state index contributed by atoms with van der Waals surface area (Å²) in [5.74, 6) is -0.577. The predicted octanol–water partition coefficient (Wildman–Crippen LogP) is 3.04. The molecule has 0 bridgehead atoms. The Morgan fingerprint density at radius 1 is 1.39 bits per heavy atom. The van der Waals surface area contributed by atoms with Gasteiger partial charge in [-0.3, -0.25) is 4.98 Å². The first kappa shape index (κ1) is 12.5. The summed E-state index contributed by atoms with van der Waals surface area (Å²) in [6.07, 6.45) is 2.75. The Morgan fingerprint density at radius 3 is 2.83 bits per heavy atom. The molecule has 5 nitrogen and oxygen atoms in total. The molecule has 0 radical (unpaired) electrons. The number of carboxylic acid groups (broad SMARTS) is 1. The van der Waals surface area contributed by atoms with Gasteiger partial charge in [-0.2, -0.15) is 0 Å². The second-order valence-corrected chi connectivity index (χ2v) is 4.35. The van der Waals surface area contributed by atoms with Gasteiger partial charge in [0.05, 0.1) is 11.9 Å². The fourth-order valence-electron chi connectivity index (χ4n) is 1.33. The smallest absolute Gasteiger partial charge is 0.339 e. The van der Waals surface area contributed by atoms with E-state index < -0.39 is 5.97 Å². The Balaban J connectivity index is 2.34. The second kappa shape index (κ2) is 5.14. The average Bonchev–Trinajstić information content (AvgIpc) is 2.34. The van der Waals surface area contributed by atoms with E-state index in [-0.39, 0.29) is 11.3 Å². The number of pyridine rings is 2. The Hall–Kier alpha value is -1.95. The molecule has 0 fully saturated rings. The highest BCUT2D eigenvalue weighted by Gasteiger charge is 2.12. The molecule has 2 heterocycles. The molecule has 0 aliphatic carbocycles. The highest BCUT2D eigenvalue weighted by molar-refractivity contribution is 9.10. The number of rotatable bonds is 3. The Bertz CT molecular complexity index is 602. The van der Waals surface area contributed by atoms with E-state index in [1.807, 2.05) is 6.92 Å². The van der Waals surface area contributed by atoms with Crippen LogP contribution in [0.25, 0.3) is 0 Å². The summed E-state index contributed by atoms with van der Waals surface area (Å²) in [6, 6.07) is 4.81. The minimum absolute atomic E-state index is 0.0485. The average molecular weight is 309 g/mol. The normalized spacial score (nSPS) is 10.1. The van der Waals surface area contributed by atoms with Crippen molar-refractivity contribution in [3.8, 4) is 11.6 Å². The summed E-state index contributed by atoms with van der Waals surface area (Å²) in [6.45, 7) is 1.82. The molecule has 0 amide bonds. The van der Waals surface area contributed by atoms with Crippen LogP contribution in [0.2, 0.25) is 0 Å². The van der Waals surface area contributed by atoms with E-state index in [9.17, 15) is 4.79 Å². The lowest BCUT2D eigenvalue weighted by Gasteiger charge is -2.08. The number of carboxylic acids is 1. The number of carbonyl (C=O) groups is 1. The maximum atomic E-state index is 11.0. The number of halogens is 1. The van der Waals surface area contributed by atoms with Crippen LogP contribution in [0, 0.1) is 6.92 Å². The number of ether oxygens (including phenoxy) is 1. The van der Waals surface area contributed by atoms with Gasteiger partial charge in [-0.1, -0.05) is 0 Å². The molecule has 18 heavy (non-hydrogen) atoms. The molecule has 0 aromatic carbocycles. The van der Waals surface area contributed by atoms with Crippen molar-refractivity contribution in [1.82, 2.24) is 9.97 Å². The molecule has 0 aliphatic rings. The van der Waals surface area contributed by atoms with Crippen LogP contribution in [-0.4, -0.2) is 21.0 Å². The van der Waals surface area contributed by atoms with Crippen molar-refractivity contribution in [3.05, 3.63) is 46.3 Å². The molecule has 2 aromatic heterocycles. The number of hydrogen-bond acceptors (Lipinski definition) is 4. The minimum Gasteiger partial charge on any atom is -0.478 e. The largest absolute Gasteiger partial charge is 0.478 e. The van der Waals surface area contributed by atoms with Crippen molar-refractivity contribution in [2.75, 3.05) is 0 Å². The number of aromatic carboxylic acids is 1. The lowest BCUT2D eigenvalue weighted by molar-refractivity contribution is 0.0694. The van der Waals surface area contributed by atoms with Gasteiger partial charge in [-0.15, -0.1) is 0 Å². The van der Waals surface area contributed by atoms with E-state index in [2.05, 4.69) is 25.9 Å². The van der Waals surface area contributed by atoms with E-state index in [4.69, 9.17) is 9.84 Å². The molecule has 0 spiro atoms. The molecule has 0 unspecified atom stereocenters. The fraction of sp³-hybridized carbons (Fsp3) is 0.0833. The maximum absolute atomic E-state index is 11.0. The highest BCUT2D eigenvalue weighted by Crippen LogP contribution is 2.25. The van der Waals surface area contributed by atoms with Gasteiger partial charge in [-0.25, -0.2) is 9.78 Å². The van der Waals surface area contributed by atoms with Gasteiger partial charge >= 0.3 is 5.97 Å². The zero-order valence-corrected chi connectivity index (χ0v) is 11.0. The molecule has 0 saturated heterocycles. The molecule has 0 saturated carbocycles. The molecular weight excluding hydrogens is 300 g/mol. The number of aryl methyl sites for hydroxylation is 1. The Kier molecular flexibility index (Phi) is 3.57. The first-order valence-electron chi connectivity index (χ1n) is 5.06. The molecule has 2 aromatic rings. The Morgan fingerprint density at radius 2 is 2.17 bits per heavy atom. The summed E-state index contributed by atoms with van der Waals surface area (Å²) >= 11 is 3.33. The monoisotopic (exact) mass is 308 g/mol. The van der Waals surface area contributed by atoms with Crippen molar-refractivity contribution in [2.45, 2.75) is 6.92 Å². The van der Waals surface area contributed by atoms with E-state index in [0.29, 0.717) is 5.88 Å². The SMILES string of the molecule is Cc1nc(Oc2cnccc2C(=O)O)ccc1Br. The summed E-state index contributed by atoms with van der Waals surface area (Å²) in [7, 11) is 0. The van der Waals surface area contributed by atoms with E-state index in [1.54, 1.807) is 12.1 Å². The molecule has 0 atom stereocenters. The van der Waals surface area contributed by atoms with Crippen LogP contribution in [0.15, 0.2) is 35.1 Å². The summed E-state index contributed by atoms with van der Waals surface area (Å²) < 4.78 is 6.29. The van der Waals surface area contributed by atoms with Crippen LogP contribution < -0.4 is 4.74 Å². The van der Waals surface area contributed by atoms with Crippen LogP contribution >= 0.6 is 15.9 Å². The highest BCUT2D eigenvalue weighted by atomic mass is 79.9. The van der Waals surface area contributed by atoms with Gasteiger partial charge in [0.15, 0.2) is 5.75 Å². The van der Waals surface area contributed by atoms with Crippen molar-refractivity contribution < 1.29 is 14.6 Å². The standard InChI is InChI=1S/C12H9BrN2O3/c1-7-9(13)2-3-11(15-7)18-10-6-14-5-4-8(10)12(16)17/h2-6H,1H3,(H,16,17). The van der Waals surface area contributed by atoms with E-state index in [1.165, 1.54) is 18.5 Å². The van der Waals surface area contributed by atoms with E-state index >= 15 is 0 Å². The van der Waals surface area contributed by atoms with Gasteiger partial charge in [-0.05, 0) is 35.0 Å². The third-order valence-electron chi connectivity index (χ3n) is 2.23. The molecule has 1 N–H and O–H groups in total. The predicted molar refractivity (Wildman–Crippen MR) is 67.9 cm³/mol. The van der Waals surface area contributed by atoms with Gasteiger partial charge in [0.1, 0.15) is 5.56 Å². The number of nitrogens with zero attached hydrogens (tertiary/aromatic N) is 2. The maximum Gasteiger partial charge on any atom is 0.339 e. The van der Waals surface area contributed by atoms with Crippen molar-refractivity contribution >= 4 is 21.9 Å². The first-order chi connectivity index (χ1) is 8.58. The van der Waals surface area contributed by atoms with Crippen molar-refractivity contribution in [3.63, 3.8) is 0 Å². The third kappa shape index (κ3) is 2.65. The van der Waals surface area contributed by atoms with Gasteiger partial charge < -0.3 is 9.84 Å². The fourth-order valence-corrected chi connectivity index (χ4v) is 1.55. The van der Waals surface area contributed by atoms with Gasteiger partial charge in [0, 0.05) is 16.7 Å². The minimum atomic E-state index is -1.07. The quantitative estimate of drug-likeness (QED) is 0.943.